The van der Waals surface area contributed by atoms with Crippen LogP contribution in [0.2, 0.25) is 0 Å². The zero-order valence-corrected chi connectivity index (χ0v) is 11.4. The Bertz CT molecular complexity index is 332. The molecular weight excluding hydrogens is 216 g/mol. The Balaban J connectivity index is 2.01. The first-order valence-corrected chi connectivity index (χ1v) is 7.10. The molecular formula is C13H22N2S. The van der Waals surface area contributed by atoms with Crippen LogP contribution in [0.5, 0.6) is 0 Å². The van der Waals surface area contributed by atoms with Crippen LogP contribution in [-0.2, 0) is 6.42 Å². The van der Waals surface area contributed by atoms with E-state index in [-0.39, 0.29) is 0 Å². The molecule has 16 heavy (non-hydrogen) atoms. The smallest absolute Gasteiger partial charge is 0.0934 e. The van der Waals surface area contributed by atoms with E-state index in [4.69, 9.17) is 4.98 Å². The molecule has 0 aromatic carbocycles. The maximum atomic E-state index is 4.78. The second-order valence-electron chi connectivity index (χ2n) is 5.91. The summed E-state index contributed by atoms with van der Waals surface area (Å²) in [5.41, 5.74) is 1.61. The second-order valence-corrected chi connectivity index (χ2v) is 6.85. The maximum Gasteiger partial charge on any atom is 0.0934 e. The summed E-state index contributed by atoms with van der Waals surface area (Å²) >= 11 is 1.82. The molecule has 0 spiro atoms. The topological polar surface area (TPSA) is 24.9 Å². The summed E-state index contributed by atoms with van der Waals surface area (Å²) in [6, 6.07) is 0.513. The standard InChI is InChI=1S/C13H22N2S/c1-13(2,3)8-12-15-11(9-16-12)10-6-4-5-7-14-10/h9-10,14H,4-8H2,1-3H3. The van der Waals surface area contributed by atoms with Crippen LogP contribution in [0, 0.1) is 5.41 Å². The minimum absolute atomic E-state index is 0.342. The Labute approximate surface area is 102 Å². The van der Waals surface area contributed by atoms with Gasteiger partial charge in [-0.05, 0) is 24.8 Å². The van der Waals surface area contributed by atoms with Crippen molar-refractivity contribution in [2.24, 2.45) is 5.41 Å². The third-order valence-electron chi connectivity index (χ3n) is 2.92. The zero-order valence-electron chi connectivity index (χ0n) is 10.5. The molecule has 1 unspecified atom stereocenters. The molecule has 0 saturated carbocycles. The van der Waals surface area contributed by atoms with Crippen LogP contribution in [0.15, 0.2) is 5.38 Å². The second kappa shape index (κ2) is 4.84. The van der Waals surface area contributed by atoms with Gasteiger partial charge in [0.2, 0.25) is 0 Å². The monoisotopic (exact) mass is 238 g/mol. The van der Waals surface area contributed by atoms with E-state index in [0.717, 1.165) is 13.0 Å². The van der Waals surface area contributed by atoms with Gasteiger partial charge in [0, 0.05) is 11.8 Å². The molecule has 1 aromatic rings. The fraction of sp³-hybridized carbons (Fsp3) is 0.769. The first kappa shape index (κ1) is 12.1. The highest BCUT2D eigenvalue weighted by molar-refractivity contribution is 7.09. The van der Waals surface area contributed by atoms with E-state index in [1.807, 2.05) is 11.3 Å². The van der Waals surface area contributed by atoms with E-state index in [2.05, 4.69) is 31.5 Å². The van der Waals surface area contributed by atoms with Crippen LogP contribution >= 0.6 is 11.3 Å². The summed E-state index contributed by atoms with van der Waals surface area (Å²) in [5.74, 6) is 0. The molecule has 1 N–H and O–H groups in total. The Hall–Kier alpha value is -0.410. The number of piperidine rings is 1. The van der Waals surface area contributed by atoms with Gasteiger partial charge in [-0.15, -0.1) is 11.3 Å². The number of aromatic nitrogens is 1. The average molecular weight is 238 g/mol. The number of hydrogen-bond donors (Lipinski definition) is 1. The minimum atomic E-state index is 0.342. The molecule has 0 amide bonds. The highest BCUT2D eigenvalue weighted by Crippen LogP contribution is 2.27. The predicted octanol–water partition coefficient (Wildman–Crippen LogP) is 3.55. The van der Waals surface area contributed by atoms with Crippen molar-refractivity contribution in [3.8, 4) is 0 Å². The molecule has 1 saturated heterocycles. The summed E-state index contributed by atoms with van der Waals surface area (Å²) in [7, 11) is 0. The van der Waals surface area contributed by atoms with Crippen molar-refractivity contribution < 1.29 is 0 Å². The van der Waals surface area contributed by atoms with Crippen LogP contribution < -0.4 is 5.32 Å². The number of nitrogens with zero attached hydrogens (tertiary/aromatic N) is 1. The largest absolute Gasteiger partial charge is 0.309 e. The molecule has 1 atom stereocenters. The number of hydrogen-bond acceptors (Lipinski definition) is 3. The molecule has 0 radical (unpaired) electrons. The van der Waals surface area contributed by atoms with Crippen molar-refractivity contribution in [1.82, 2.24) is 10.3 Å². The molecule has 2 rings (SSSR count). The normalized spacial score (nSPS) is 22.3. The minimum Gasteiger partial charge on any atom is -0.309 e. The molecule has 1 fully saturated rings. The van der Waals surface area contributed by atoms with Crippen molar-refractivity contribution in [3.05, 3.63) is 16.1 Å². The van der Waals surface area contributed by atoms with E-state index < -0.39 is 0 Å². The Morgan fingerprint density at radius 2 is 2.25 bits per heavy atom. The lowest BCUT2D eigenvalue weighted by Crippen LogP contribution is -2.27. The molecule has 0 bridgehead atoms. The molecule has 0 aliphatic carbocycles. The molecule has 3 heteroatoms. The van der Waals surface area contributed by atoms with Crippen molar-refractivity contribution in [2.45, 2.75) is 52.5 Å². The van der Waals surface area contributed by atoms with Gasteiger partial charge in [-0.1, -0.05) is 27.2 Å². The van der Waals surface area contributed by atoms with Crippen LogP contribution in [0.4, 0.5) is 0 Å². The van der Waals surface area contributed by atoms with Crippen LogP contribution in [0.3, 0.4) is 0 Å². The molecule has 1 aliphatic heterocycles. The lowest BCUT2D eigenvalue weighted by atomic mass is 9.93. The van der Waals surface area contributed by atoms with Gasteiger partial charge in [0.25, 0.3) is 0 Å². The fourth-order valence-corrected chi connectivity index (χ4v) is 3.27. The quantitative estimate of drug-likeness (QED) is 0.852. The molecule has 2 nitrogen and oxygen atoms in total. The van der Waals surface area contributed by atoms with Crippen molar-refractivity contribution in [3.63, 3.8) is 0 Å². The number of nitrogens with one attached hydrogen (secondary N) is 1. The predicted molar refractivity (Wildman–Crippen MR) is 69.9 cm³/mol. The Morgan fingerprint density at radius 3 is 2.88 bits per heavy atom. The molecule has 90 valence electrons. The van der Waals surface area contributed by atoms with E-state index >= 15 is 0 Å². The average Bonchev–Trinajstić information content (AvgIpc) is 2.65. The van der Waals surface area contributed by atoms with Crippen LogP contribution in [0.25, 0.3) is 0 Å². The number of thiazole rings is 1. The summed E-state index contributed by atoms with van der Waals surface area (Å²) in [5, 5.41) is 7.08. The lowest BCUT2D eigenvalue weighted by Gasteiger charge is -2.21. The Morgan fingerprint density at radius 1 is 1.44 bits per heavy atom. The number of rotatable bonds is 2. The maximum absolute atomic E-state index is 4.78. The van der Waals surface area contributed by atoms with E-state index in [9.17, 15) is 0 Å². The summed E-state index contributed by atoms with van der Waals surface area (Å²) in [6.45, 7) is 7.96. The summed E-state index contributed by atoms with van der Waals surface area (Å²) in [6.07, 6.45) is 4.99. The lowest BCUT2D eigenvalue weighted by molar-refractivity contribution is 0.398. The zero-order chi connectivity index (χ0) is 11.6. The van der Waals surface area contributed by atoms with Gasteiger partial charge in [-0.2, -0.15) is 0 Å². The van der Waals surface area contributed by atoms with Gasteiger partial charge in [0.05, 0.1) is 16.7 Å². The summed E-state index contributed by atoms with van der Waals surface area (Å²) < 4.78 is 0. The van der Waals surface area contributed by atoms with E-state index in [1.54, 1.807) is 0 Å². The van der Waals surface area contributed by atoms with Gasteiger partial charge in [-0.25, -0.2) is 4.98 Å². The van der Waals surface area contributed by atoms with Crippen molar-refractivity contribution in [2.75, 3.05) is 6.54 Å². The van der Waals surface area contributed by atoms with Crippen molar-refractivity contribution >= 4 is 11.3 Å². The highest BCUT2D eigenvalue weighted by Gasteiger charge is 2.19. The first-order valence-electron chi connectivity index (χ1n) is 6.22. The van der Waals surface area contributed by atoms with Gasteiger partial charge in [0.15, 0.2) is 0 Å². The third-order valence-corrected chi connectivity index (χ3v) is 3.79. The fourth-order valence-electron chi connectivity index (χ4n) is 2.12. The van der Waals surface area contributed by atoms with Gasteiger partial charge < -0.3 is 5.32 Å². The highest BCUT2D eigenvalue weighted by atomic mass is 32.1. The first-order chi connectivity index (χ1) is 7.54. The molecule has 1 aromatic heterocycles. The van der Waals surface area contributed by atoms with Gasteiger partial charge in [-0.3, -0.25) is 0 Å². The molecule has 1 aliphatic rings. The summed E-state index contributed by atoms with van der Waals surface area (Å²) in [4.78, 5) is 4.78. The molecule has 2 heterocycles. The van der Waals surface area contributed by atoms with Crippen LogP contribution in [-0.4, -0.2) is 11.5 Å². The van der Waals surface area contributed by atoms with Gasteiger partial charge in [0.1, 0.15) is 0 Å². The third kappa shape index (κ3) is 3.29. The van der Waals surface area contributed by atoms with Gasteiger partial charge >= 0.3 is 0 Å². The van der Waals surface area contributed by atoms with E-state index in [1.165, 1.54) is 30.0 Å². The van der Waals surface area contributed by atoms with E-state index in [0.29, 0.717) is 11.5 Å². The van der Waals surface area contributed by atoms with Crippen molar-refractivity contribution in [1.29, 1.82) is 0 Å². The Kier molecular flexibility index (Phi) is 3.65. The SMILES string of the molecule is CC(C)(C)Cc1nc(C2CCCCN2)cs1. The van der Waals surface area contributed by atoms with Crippen LogP contribution in [0.1, 0.15) is 56.8 Å².